The van der Waals surface area contributed by atoms with Crippen molar-refractivity contribution >= 4 is 29.2 Å². The summed E-state index contributed by atoms with van der Waals surface area (Å²) in [6.07, 6.45) is 3.90. The fourth-order valence-corrected chi connectivity index (χ4v) is 3.16. The Kier molecular flexibility index (Phi) is 5.42. The van der Waals surface area contributed by atoms with Crippen molar-refractivity contribution in [2.75, 3.05) is 26.7 Å². The van der Waals surface area contributed by atoms with Crippen molar-refractivity contribution in [2.24, 2.45) is 0 Å². The molecule has 4 nitrogen and oxygen atoms in total. The maximum atomic E-state index is 13.2. The number of rotatable bonds is 3. The molecule has 22 heavy (non-hydrogen) atoms. The van der Waals surface area contributed by atoms with Gasteiger partial charge in [-0.2, -0.15) is 0 Å². The molecule has 0 atom stereocenters. The molecule has 2 N–H and O–H groups in total. The van der Waals surface area contributed by atoms with Gasteiger partial charge in [-0.3, -0.25) is 4.79 Å². The second-order valence-corrected chi connectivity index (χ2v) is 5.62. The minimum atomic E-state index is -0.219. The SMILES string of the molecule is CNCC(=O)N1CCC(c2c[nH]c3cc(F)ccc23)CC1.Cl. The van der Waals surface area contributed by atoms with Crippen molar-refractivity contribution < 1.29 is 9.18 Å². The van der Waals surface area contributed by atoms with E-state index in [1.165, 1.54) is 17.7 Å². The van der Waals surface area contributed by atoms with Crippen molar-refractivity contribution in [1.29, 1.82) is 0 Å². The zero-order valence-corrected chi connectivity index (χ0v) is 13.4. The topological polar surface area (TPSA) is 48.1 Å². The number of amides is 1. The molecule has 3 rings (SSSR count). The molecule has 1 fully saturated rings. The molecular formula is C16H21ClFN3O. The van der Waals surface area contributed by atoms with Crippen LogP contribution in [0.2, 0.25) is 0 Å². The Morgan fingerprint density at radius 3 is 2.82 bits per heavy atom. The maximum absolute atomic E-state index is 13.2. The van der Waals surface area contributed by atoms with Gasteiger partial charge in [-0.05, 0) is 49.6 Å². The van der Waals surface area contributed by atoms with Crippen molar-refractivity contribution in [3.63, 3.8) is 0 Å². The number of aromatic nitrogens is 1. The Balaban J connectivity index is 0.00000176. The van der Waals surface area contributed by atoms with Crippen LogP contribution in [0, 0.1) is 5.82 Å². The van der Waals surface area contributed by atoms with E-state index < -0.39 is 0 Å². The second kappa shape index (κ2) is 7.11. The Labute approximate surface area is 135 Å². The van der Waals surface area contributed by atoms with Crippen molar-refractivity contribution in [2.45, 2.75) is 18.8 Å². The molecule has 0 spiro atoms. The summed E-state index contributed by atoms with van der Waals surface area (Å²) in [5.41, 5.74) is 2.09. The molecule has 0 saturated carbocycles. The van der Waals surface area contributed by atoms with Crippen LogP contribution >= 0.6 is 12.4 Å². The first-order chi connectivity index (χ1) is 10.2. The fraction of sp³-hybridized carbons (Fsp3) is 0.438. The largest absolute Gasteiger partial charge is 0.361 e. The van der Waals surface area contributed by atoms with E-state index in [-0.39, 0.29) is 24.1 Å². The van der Waals surface area contributed by atoms with E-state index in [4.69, 9.17) is 0 Å². The van der Waals surface area contributed by atoms with E-state index in [9.17, 15) is 9.18 Å². The molecule has 1 aromatic heterocycles. The maximum Gasteiger partial charge on any atom is 0.236 e. The Morgan fingerprint density at radius 2 is 2.14 bits per heavy atom. The number of likely N-dealkylation sites (N-methyl/N-ethyl adjacent to an activating group) is 1. The Bertz CT molecular complexity index is 650. The molecule has 1 aliphatic heterocycles. The number of carbonyl (C=O) groups excluding carboxylic acids is 1. The number of carbonyl (C=O) groups is 1. The number of halogens is 2. The third-order valence-corrected chi connectivity index (χ3v) is 4.29. The molecule has 1 amide bonds. The number of likely N-dealkylation sites (tertiary alicyclic amines) is 1. The average molecular weight is 326 g/mol. The van der Waals surface area contributed by atoms with Crippen LogP contribution in [0.1, 0.15) is 24.3 Å². The fourth-order valence-electron chi connectivity index (χ4n) is 3.16. The standard InChI is InChI=1S/C16H20FN3O.ClH/c1-18-10-16(21)20-6-4-11(5-7-20)14-9-19-15-8-12(17)2-3-13(14)15;/h2-3,8-9,11,18-19H,4-7,10H2,1H3;1H. The molecule has 0 bridgehead atoms. The molecule has 2 aromatic rings. The van der Waals surface area contributed by atoms with Crippen LogP contribution in [0.15, 0.2) is 24.4 Å². The first kappa shape index (κ1) is 16.8. The normalized spacial score (nSPS) is 15.8. The zero-order valence-electron chi connectivity index (χ0n) is 12.6. The average Bonchev–Trinajstić information content (AvgIpc) is 2.90. The summed E-state index contributed by atoms with van der Waals surface area (Å²) >= 11 is 0. The van der Waals surface area contributed by atoms with Gasteiger partial charge in [0.2, 0.25) is 5.91 Å². The van der Waals surface area contributed by atoms with E-state index in [1.807, 2.05) is 17.2 Å². The van der Waals surface area contributed by atoms with Crippen molar-refractivity contribution in [1.82, 2.24) is 15.2 Å². The van der Waals surface area contributed by atoms with Gasteiger partial charge in [0, 0.05) is 30.2 Å². The van der Waals surface area contributed by atoms with Crippen LogP contribution in [0.4, 0.5) is 4.39 Å². The lowest BCUT2D eigenvalue weighted by molar-refractivity contribution is -0.131. The molecule has 2 heterocycles. The summed E-state index contributed by atoms with van der Waals surface area (Å²) in [6.45, 7) is 1.98. The van der Waals surface area contributed by atoms with Crippen LogP contribution < -0.4 is 5.32 Å². The number of fused-ring (bicyclic) bond motifs is 1. The first-order valence-electron chi connectivity index (χ1n) is 7.38. The predicted octanol–water partition coefficient (Wildman–Crippen LogP) is 2.65. The summed E-state index contributed by atoms with van der Waals surface area (Å²) in [5.74, 6) is 0.378. The van der Waals surface area contributed by atoms with Crippen LogP contribution in [0.5, 0.6) is 0 Å². The van der Waals surface area contributed by atoms with Gasteiger partial charge < -0.3 is 15.2 Å². The summed E-state index contributed by atoms with van der Waals surface area (Å²) in [4.78, 5) is 16.9. The van der Waals surface area contributed by atoms with Gasteiger partial charge in [-0.25, -0.2) is 4.39 Å². The molecule has 120 valence electrons. The molecule has 1 aliphatic rings. The molecule has 6 heteroatoms. The molecule has 0 unspecified atom stereocenters. The van der Waals surface area contributed by atoms with Gasteiger partial charge in [0.25, 0.3) is 0 Å². The number of nitrogens with one attached hydrogen (secondary N) is 2. The van der Waals surface area contributed by atoms with Crippen LogP contribution in [-0.4, -0.2) is 42.5 Å². The smallest absolute Gasteiger partial charge is 0.236 e. The second-order valence-electron chi connectivity index (χ2n) is 5.62. The van der Waals surface area contributed by atoms with Gasteiger partial charge in [0.1, 0.15) is 5.82 Å². The number of aromatic amines is 1. The molecule has 1 aromatic carbocycles. The molecule has 1 saturated heterocycles. The highest BCUT2D eigenvalue weighted by atomic mass is 35.5. The predicted molar refractivity (Wildman–Crippen MR) is 88.0 cm³/mol. The van der Waals surface area contributed by atoms with E-state index >= 15 is 0 Å². The van der Waals surface area contributed by atoms with Crippen molar-refractivity contribution in [3.05, 3.63) is 35.8 Å². The Morgan fingerprint density at radius 1 is 1.41 bits per heavy atom. The highest BCUT2D eigenvalue weighted by Crippen LogP contribution is 2.33. The number of nitrogens with zero attached hydrogens (tertiary/aromatic N) is 1. The minimum absolute atomic E-state index is 0. The quantitative estimate of drug-likeness (QED) is 0.911. The summed E-state index contributed by atoms with van der Waals surface area (Å²) < 4.78 is 13.2. The van der Waals surface area contributed by atoms with Crippen molar-refractivity contribution in [3.8, 4) is 0 Å². The van der Waals surface area contributed by atoms with Crippen LogP contribution in [0.25, 0.3) is 10.9 Å². The first-order valence-corrected chi connectivity index (χ1v) is 7.38. The van der Waals surface area contributed by atoms with E-state index in [1.54, 1.807) is 7.05 Å². The number of hydrogen-bond donors (Lipinski definition) is 2. The van der Waals surface area contributed by atoms with Crippen LogP contribution in [-0.2, 0) is 4.79 Å². The minimum Gasteiger partial charge on any atom is -0.361 e. The molecule has 0 aliphatic carbocycles. The van der Waals surface area contributed by atoms with Gasteiger partial charge in [0.05, 0.1) is 6.54 Å². The van der Waals surface area contributed by atoms with Gasteiger partial charge in [-0.1, -0.05) is 0 Å². The number of H-pyrrole nitrogens is 1. The highest BCUT2D eigenvalue weighted by Gasteiger charge is 2.25. The third kappa shape index (κ3) is 3.25. The lowest BCUT2D eigenvalue weighted by atomic mass is 9.89. The number of piperidine rings is 1. The molecule has 0 radical (unpaired) electrons. The molecular weight excluding hydrogens is 305 g/mol. The van der Waals surface area contributed by atoms with Gasteiger partial charge in [0.15, 0.2) is 0 Å². The summed E-state index contributed by atoms with van der Waals surface area (Å²) in [6, 6.07) is 4.88. The van der Waals surface area contributed by atoms with E-state index in [0.29, 0.717) is 12.5 Å². The number of hydrogen-bond acceptors (Lipinski definition) is 2. The Hall–Kier alpha value is -1.59. The van der Waals surface area contributed by atoms with Gasteiger partial charge in [-0.15, -0.1) is 12.4 Å². The lowest BCUT2D eigenvalue weighted by Crippen LogP contribution is -2.41. The van der Waals surface area contributed by atoms with Crippen LogP contribution in [0.3, 0.4) is 0 Å². The summed E-state index contributed by atoms with van der Waals surface area (Å²) in [5, 5.41) is 4.00. The summed E-state index contributed by atoms with van der Waals surface area (Å²) in [7, 11) is 1.79. The monoisotopic (exact) mass is 325 g/mol. The van der Waals surface area contributed by atoms with E-state index in [0.717, 1.165) is 36.8 Å². The zero-order chi connectivity index (χ0) is 14.8. The lowest BCUT2D eigenvalue weighted by Gasteiger charge is -2.32. The highest BCUT2D eigenvalue weighted by molar-refractivity contribution is 5.85. The number of benzene rings is 1. The van der Waals surface area contributed by atoms with E-state index in [2.05, 4.69) is 10.3 Å². The van der Waals surface area contributed by atoms with Gasteiger partial charge >= 0.3 is 0 Å². The third-order valence-electron chi connectivity index (χ3n) is 4.29.